The van der Waals surface area contributed by atoms with Crippen LogP contribution in [0.4, 0.5) is 4.39 Å². The molecule has 80 valence electrons. The number of allylic oxidation sites excluding steroid dienone is 1. The van der Waals surface area contributed by atoms with E-state index in [1.165, 1.54) is 18.2 Å². The second kappa shape index (κ2) is 5.29. The zero-order valence-corrected chi connectivity index (χ0v) is 8.83. The molecule has 0 aliphatic rings. The molecule has 0 aliphatic carbocycles. The van der Waals surface area contributed by atoms with Crippen molar-refractivity contribution in [2.24, 2.45) is 0 Å². The van der Waals surface area contributed by atoms with Crippen LogP contribution in [0.25, 0.3) is 0 Å². The van der Waals surface area contributed by atoms with Crippen LogP contribution < -0.4 is 5.32 Å². The molecule has 0 radical (unpaired) electrons. The molecular weight excluding hydrogens is 193 g/mol. The fraction of sp³-hybridized carbons (Fsp3) is 0.250. The standard InChI is InChI=1S/C12H14FNO/c1-3-4-12(15)14-9(2)10-5-7-11(13)8-6-10/h3-9H,1-2H3,(H,14,15)/b4-3+/t9-/m1/s1. The van der Waals surface area contributed by atoms with E-state index in [9.17, 15) is 9.18 Å². The summed E-state index contributed by atoms with van der Waals surface area (Å²) in [7, 11) is 0. The minimum Gasteiger partial charge on any atom is -0.346 e. The molecule has 1 rings (SSSR count). The highest BCUT2D eigenvalue weighted by molar-refractivity contribution is 5.87. The summed E-state index contributed by atoms with van der Waals surface area (Å²) in [5.41, 5.74) is 0.884. The number of hydrogen-bond acceptors (Lipinski definition) is 1. The molecule has 15 heavy (non-hydrogen) atoms. The Hall–Kier alpha value is -1.64. The Kier molecular flexibility index (Phi) is 4.03. The van der Waals surface area contributed by atoms with Crippen molar-refractivity contribution in [3.63, 3.8) is 0 Å². The van der Waals surface area contributed by atoms with Crippen LogP contribution in [0.2, 0.25) is 0 Å². The number of carbonyl (C=O) groups is 1. The van der Waals surface area contributed by atoms with Crippen LogP contribution in [-0.2, 0) is 4.79 Å². The molecule has 1 atom stereocenters. The van der Waals surface area contributed by atoms with Gasteiger partial charge in [-0.05, 0) is 37.6 Å². The van der Waals surface area contributed by atoms with Gasteiger partial charge in [0.15, 0.2) is 0 Å². The molecule has 1 aromatic carbocycles. The fourth-order valence-corrected chi connectivity index (χ4v) is 1.25. The normalized spacial score (nSPS) is 12.7. The van der Waals surface area contributed by atoms with E-state index in [0.717, 1.165) is 5.56 Å². The van der Waals surface area contributed by atoms with Crippen molar-refractivity contribution < 1.29 is 9.18 Å². The first-order valence-corrected chi connectivity index (χ1v) is 4.82. The number of hydrogen-bond donors (Lipinski definition) is 1. The van der Waals surface area contributed by atoms with Crippen LogP contribution in [0, 0.1) is 5.82 Å². The molecule has 1 aromatic rings. The van der Waals surface area contributed by atoms with Crippen molar-refractivity contribution in [3.05, 3.63) is 47.8 Å². The van der Waals surface area contributed by atoms with E-state index < -0.39 is 0 Å². The Morgan fingerprint density at radius 1 is 1.40 bits per heavy atom. The van der Waals surface area contributed by atoms with Gasteiger partial charge in [0, 0.05) is 0 Å². The van der Waals surface area contributed by atoms with E-state index in [0.29, 0.717) is 0 Å². The van der Waals surface area contributed by atoms with Gasteiger partial charge in [0.2, 0.25) is 5.91 Å². The molecule has 0 saturated heterocycles. The highest BCUT2D eigenvalue weighted by Crippen LogP contribution is 2.12. The highest BCUT2D eigenvalue weighted by Gasteiger charge is 2.06. The highest BCUT2D eigenvalue weighted by atomic mass is 19.1. The molecular formula is C12H14FNO. The number of nitrogens with one attached hydrogen (secondary N) is 1. The summed E-state index contributed by atoms with van der Waals surface area (Å²) in [6.07, 6.45) is 3.13. The SMILES string of the molecule is C/C=C/C(=O)N[C@H](C)c1ccc(F)cc1. The first-order valence-electron chi connectivity index (χ1n) is 4.82. The summed E-state index contributed by atoms with van der Waals surface area (Å²) in [5.74, 6) is -0.417. The summed E-state index contributed by atoms with van der Waals surface area (Å²) in [6, 6.07) is 5.97. The summed E-state index contributed by atoms with van der Waals surface area (Å²) in [5, 5.41) is 2.77. The van der Waals surface area contributed by atoms with E-state index in [1.807, 2.05) is 6.92 Å². The summed E-state index contributed by atoms with van der Waals surface area (Å²) in [6.45, 7) is 3.64. The van der Waals surface area contributed by atoms with Crippen molar-refractivity contribution in [2.75, 3.05) is 0 Å². The Morgan fingerprint density at radius 3 is 2.53 bits per heavy atom. The van der Waals surface area contributed by atoms with Gasteiger partial charge < -0.3 is 5.32 Å². The average molecular weight is 207 g/mol. The largest absolute Gasteiger partial charge is 0.346 e. The number of amides is 1. The maximum atomic E-state index is 12.6. The van der Waals surface area contributed by atoms with Crippen molar-refractivity contribution in [1.82, 2.24) is 5.32 Å². The molecule has 3 heteroatoms. The zero-order chi connectivity index (χ0) is 11.3. The number of carbonyl (C=O) groups excluding carboxylic acids is 1. The second-order valence-corrected chi connectivity index (χ2v) is 3.28. The summed E-state index contributed by atoms with van der Waals surface area (Å²) in [4.78, 5) is 11.2. The van der Waals surface area contributed by atoms with E-state index >= 15 is 0 Å². The number of halogens is 1. The lowest BCUT2D eigenvalue weighted by atomic mass is 10.1. The minimum atomic E-state index is -0.272. The van der Waals surface area contributed by atoms with Gasteiger partial charge in [-0.15, -0.1) is 0 Å². The van der Waals surface area contributed by atoms with Gasteiger partial charge in [0.25, 0.3) is 0 Å². The third kappa shape index (κ3) is 3.54. The lowest BCUT2D eigenvalue weighted by Gasteiger charge is -2.12. The Labute approximate surface area is 88.8 Å². The number of rotatable bonds is 3. The van der Waals surface area contributed by atoms with Gasteiger partial charge in [-0.3, -0.25) is 4.79 Å². The predicted molar refractivity (Wildman–Crippen MR) is 57.8 cm³/mol. The van der Waals surface area contributed by atoms with Gasteiger partial charge in [-0.1, -0.05) is 18.2 Å². The predicted octanol–water partition coefficient (Wildman–Crippen LogP) is 2.58. The van der Waals surface area contributed by atoms with Crippen LogP contribution in [0.1, 0.15) is 25.5 Å². The Bertz CT molecular complexity index is 356. The molecule has 0 aromatic heterocycles. The summed E-state index contributed by atoms with van der Waals surface area (Å²) < 4.78 is 12.6. The Morgan fingerprint density at radius 2 is 2.00 bits per heavy atom. The third-order valence-electron chi connectivity index (χ3n) is 2.05. The molecule has 0 fully saturated rings. The quantitative estimate of drug-likeness (QED) is 0.758. The monoisotopic (exact) mass is 207 g/mol. The molecule has 0 aliphatic heterocycles. The maximum Gasteiger partial charge on any atom is 0.244 e. The van der Waals surface area contributed by atoms with Crippen LogP contribution in [-0.4, -0.2) is 5.91 Å². The fourth-order valence-electron chi connectivity index (χ4n) is 1.25. The van der Waals surface area contributed by atoms with Crippen LogP contribution >= 0.6 is 0 Å². The van der Waals surface area contributed by atoms with Crippen molar-refractivity contribution in [2.45, 2.75) is 19.9 Å². The van der Waals surface area contributed by atoms with Gasteiger partial charge >= 0.3 is 0 Å². The Balaban J connectivity index is 2.64. The van der Waals surface area contributed by atoms with Crippen LogP contribution in [0.5, 0.6) is 0 Å². The first-order chi connectivity index (χ1) is 7.13. The third-order valence-corrected chi connectivity index (χ3v) is 2.05. The topological polar surface area (TPSA) is 29.1 Å². The molecule has 1 N–H and O–H groups in total. The lowest BCUT2D eigenvalue weighted by Crippen LogP contribution is -2.24. The van der Waals surface area contributed by atoms with Crippen molar-refractivity contribution in [3.8, 4) is 0 Å². The van der Waals surface area contributed by atoms with Gasteiger partial charge in [-0.2, -0.15) is 0 Å². The van der Waals surface area contributed by atoms with Crippen LogP contribution in [0.15, 0.2) is 36.4 Å². The average Bonchev–Trinajstić information content (AvgIpc) is 2.18. The molecule has 0 heterocycles. The summed E-state index contributed by atoms with van der Waals surface area (Å²) >= 11 is 0. The van der Waals surface area contributed by atoms with Gasteiger partial charge in [0.05, 0.1) is 6.04 Å². The number of benzene rings is 1. The second-order valence-electron chi connectivity index (χ2n) is 3.28. The van der Waals surface area contributed by atoms with Crippen LogP contribution in [0.3, 0.4) is 0 Å². The molecule has 2 nitrogen and oxygen atoms in total. The zero-order valence-electron chi connectivity index (χ0n) is 8.83. The van der Waals surface area contributed by atoms with Gasteiger partial charge in [-0.25, -0.2) is 4.39 Å². The van der Waals surface area contributed by atoms with E-state index in [-0.39, 0.29) is 17.8 Å². The van der Waals surface area contributed by atoms with E-state index in [4.69, 9.17) is 0 Å². The molecule has 0 saturated carbocycles. The molecule has 0 unspecified atom stereocenters. The molecule has 0 spiro atoms. The minimum absolute atomic E-state index is 0.116. The van der Waals surface area contributed by atoms with E-state index in [2.05, 4.69) is 5.32 Å². The van der Waals surface area contributed by atoms with Crippen molar-refractivity contribution in [1.29, 1.82) is 0 Å². The van der Waals surface area contributed by atoms with Crippen molar-refractivity contribution >= 4 is 5.91 Å². The molecule has 0 bridgehead atoms. The van der Waals surface area contributed by atoms with E-state index in [1.54, 1.807) is 25.1 Å². The van der Waals surface area contributed by atoms with Gasteiger partial charge in [0.1, 0.15) is 5.82 Å². The molecule has 1 amide bonds. The first kappa shape index (κ1) is 11.4. The maximum absolute atomic E-state index is 12.6. The lowest BCUT2D eigenvalue weighted by molar-refractivity contribution is -0.117. The smallest absolute Gasteiger partial charge is 0.244 e.